The van der Waals surface area contributed by atoms with Crippen LogP contribution in [-0.2, 0) is 17.6 Å². The Labute approximate surface area is 174 Å². The molecule has 10 heteroatoms. The Balaban J connectivity index is 1.51. The lowest BCUT2D eigenvalue weighted by molar-refractivity contribution is -0.137. The number of rotatable bonds is 7. The number of hydrogen-bond donors (Lipinski definition) is 1. The molecule has 1 amide bonds. The first kappa shape index (κ1) is 21.7. The van der Waals surface area contributed by atoms with Crippen LogP contribution in [0, 0.1) is 13.8 Å². The summed E-state index contributed by atoms with van der Waals surface area (Å²) in [6.07, 6.45) is -4.48. The zero-order valence-corrected chi connectivity index (χ0v) is 16.9. The Kier molecular flexibility index (Phi) is 6.66. The first-order valence-corrected chi connectivity index (χ1v) is 9.82. The molecule has 158 valence electrons. The predicted molar refractivity (Wildman–Crippen MR) is 105 cm³/mol. The largest absolute Gasteiger partial charge is 0.483 e. The number of nitrogens with one attached hydrogen (secondary N) is 1. The molecule has 0 saturated heterocycles. The van der Waals surface area contributed by atoms with Crippen LogP contribution in [-0.4, -0.2) is 21.9 Å². The summed E-state index contributed by atoms with van der Waals surface area (Å²) >= 11 is 0.976. The van der Waals surface area contributed by atoms with Crippen molar-refractivity contribution in [1.82, 2.24) is 10.2 Å². The zero-order valence-electron chi connectivity index (χ0n) is 16.1. The van der Waals surface area contributed by atoms with Crippen LogP contribution in [0.25, 0.3) is 0 Å². The van der Waals surface area contributed by atoms with Crippen LogP contribution in [0.3, 0.4) is 0 Å². The number of amides is 1. The van der Waals surface area contributed by atoms with E-state index in [-0.39, 0.29) is 29.2 Å². The molecule has 0 aliphatic heterocycles. The van der Waals surface area contributed by atoms with E-state index >= 15 is 0 Å². The number of benzene rings is 2. The molecule has 0 fully saturated rings. The standard InChI is InChI=1S/C20H18F3N3O3S/c1-12-5-3-6-13(2)18(12)28-10-17-25-26-19(29-17)30-11-16(27)24-15-8-4-7-14(9-15)20(21,22)23/h3-9H,10-11H2,1-2H3,(H,24,27). The van der Waals surface area contributed by atoms with Gasteiger partial charge in [0.1, 0.15) is 5.75 Å². The smallest absolute Gasteiger partial charge is 0.416 e. The number of halogens is 3. The van der Waals surface area contributed by atoms with Crippen molar-refractivity contribution in [3.63, 3.8) is 0 Å². The molecule has 0 bridgehead atoms. The van der Waals surface area contributed by atoms with Crippen molar-refractivity contribution >= 4 is 23.4 Å². The van der Waals surface area contributed by atoms with Crippen LogP contribution >= 0.6 is 11.8 Å². The maximum atomic E-state index is 12.7. The molecule has 3 aromatic rings. The van der Waals surface area contributed by atoms with Crippen LogP contribution in [0.2, 0.25) is 0 Å². The van der Waals surface area contributed by atoms with E-state index in [9.17, 15) is 18.0 Å². The van der Waals surface area contributed by atoms with Crippen LogP contribution in [0.5, 0.6) is 5.75 Å². The van der Waals surface area contributed by atoms with E-state index in [4.69, 9.17) is 9.15 Å². The Morgan fingerprint density at radius 1 is 1.13 bits per heavy atom. The van der Waals surface area contributed by atoms with Gasteiger partial charge in [0, 0.05) is 5.69 Å². The summed E-state index contributed by atoms with van der Waals surface area (Å²) in [6.45, 7) is 3.94. The molecule has 0 saturated carbocycles. The molecule has 2 aromatic carbocycles. The van der Waals surface area contributed by atoms with Gasteiger partial charge in [-0.25, -0.2) is 0 Å². The molecule has 0 spiro atoms. The number of thioether (sulfide) groups is 1. The third-order valence-corrected chi connectivity index (χ3v) is 4.82. The van der Waals surface area contributed by atoms with Gasteiger partial charge in [0.2, 0.25) is 5.91 Å². The lowest BCUT2D eigenvalue weighted by Gasteiger charge is -2.09. The van der Waals surface area contributed by atoms with Crippen LogP contribution in [0.4, 0.5) is 18.9 Å². The number of carbonyl (C=O) groups is 1. The van der Waals surface area contributed by atoms with Crippen molar-refractivity contribution in [2.24, 2.45) is 0 Å². The second kappa shape index (κ2) is 9.21. The van der Waals surface area contributed by atoms with Gasteiger partial charge in [-0.05, 0) is 43.2 Å². The van der Waals surface area contributed by atoms with E-state index in [1.54, 1.807) is 0 Å². The Morgan fingerprint density at radius 2 is 1.83 bits per heavy atom. The molecule has 1 N–H and O–H groups in total. The zero-order chi connectivity index (χ0) is 21.7. The van der Waals surface area contributed by atoms with Gasteiger partial charge in [-0.15, -0.1) is 10.2 Å². The van der Waals surface area contributed by atoms with Crippen LogP contribution < -0.4 is 10.1 Å². The fraction of sp³-hybridized carbons (Fsp3) is 0.250. The first-order chi connectivity index (χ1) is 14.2. The summed E-state index contributed by atoms with van der Waals surface area (Å²) in [6, 6.07) is 10.2. The van der Waals surface area contributed by atoms with E-state index in [0.29, 0.717) is 0 Å². The van der Waals surface area contributed by atoms with E-state index < -0.39 is 17.6 Å². The number of aromatic nitrogens is 2. The number of alkyl halides is 3. The molecule has 30 heavy (non-hydrogen) atoms. The highest BCUT2D eigenvalue weighted by Crippen LogP contribution is 2.30. The number of anilines is 1. The van der Waals surface area contributed by atoms with E-state index in [2.05, 4.69) is 15.5 Å². The summed E-state index contributed by atoms with van der Waals surface area (Å²) in [7, 11) is 0. The molecule has 1 aromatic heterocycles. The maximum Gasteiger partial charge on any atom is 0.416 e. The minimum Gasteiger partial charge on any atom is -0.483 e. The van der Waals surface area contributed by atoms with Crippen molar-refractivity contribution in [1.29, 1.82) is 0 Å². The fourth-order valence-electron chi connectivity index (χ4n) is 2.61. The molecular weight excluding hydrogens is 419 g/mol. The SMILES string of the molecule is Cc1cccc(C)c1OCc1nnc(SCC(=O)Nc2cccc(C(F)(F)F)c2)o1. The third kappa shape index (κ3) is 5.76. The van der Waals surface area contributed by atoms with Gasteiger partial charge in [0.15, 0.2) is 6.61 Å². The predicted octanol–water partition coefficient (Wildman–Crippen LogP) is 5.02. The normalized spacial score (nSPS) is 11.4. The lowest BCUT2D eigenvalue weighted by atomic mass is 10.1. The highest BCUT2D eigenvalue weighted by molar-refractivity contribution is 7.99. The van der Waals surface area contributed by atoms with Gasteiger partial charge in [-0.1, -0.05) is 36.0 Å². The van der Waals surface area contributed by atoms with Crippen molar-refractivity contribution in [2.75, 3.05) is 11.1 Å². The average Bonchev–Trinajstić information content (AvgIpc) is 3.13. The summed E-state index contributed by atoms with van der Waals surface area (Å²) in [5, 5.41) is 10.3. The van der Waals surface area contributed by atoms with E-state index in [1.165, 1.54) is 12.1 Å². The quantitative estimate of drug-likeness (QED) is 0.524. The summed E-state index contributed by atoms with van der Waals surface area (Å²) in [5.41, 5.74) is 1.19. The van der Waals surface area contributed by atoms with Gasteiger partial charge in [-0.3, -0.25) is 4.79 Å². The Hall–Kier alpha value is -3.01. The highest BCUT2D eigenvalue weighted by Gasteiger charge is 2.30. The van der Waals surface area contributed by atoms with Gasteiger partial charge >= 0.3 is 6.18 Å². The van der Waals surface area contributed by atoms with Gasteiger partial charge in [-0.2, -0.15) is 13.2 Å². The number of para-hydroxylation sites is 1. The lowest BCUT2D eigenvalue weighted by Crippen LogP contribution is -2.15. The molecule has 3 rings (SSSR count). The van der Waals surface area contributed by atoms with Crippen LogP contribution in [0.1, 0.15) is 22.6 Å². The molecule has 0 atom stereocenters. The molecular formula is C20H18F3N3O3S. The third-order valence-electron chi connectivity index (χ3n) is 4.00. The number of aryl methyl sites for hydroxylation is 2. The van der Waals surface area contributed by atoms with E-state index in [1.807, 2.05) is 32.0 Å². The fourth-order valence-corrected chi connectivity index (χ4v) is 3.19. The van der Waals surface area contributed by atoms with E-state index in [0.717, 1.165) is 40.8 Å². The average molecular weight is 437 g/mol. The minimum absolute atomic E-state index is 0.0589. The van der Waals surface area contributed by atoms with Gasteiger partial charge < -0.3 is 14.5 Å². The first-order valence-electron chi connectivity index (χ1n) is 8.83. The highest BCUT2D eigenvalue weighted by atomic mass is 32.2. The van der Waals surface area contributed by atoms with Crippen molar-refractivity contribution in [3.8, 4) is 5.75 Å². The monoisotopic (exact) mass is 437 g/mol. The maximum absolute atomic E-state index is 12.7. The van der Waals surface area contributed by atoms with Gasteiger partial charge in [0.25, 0.3) is 11.1 Å². The minimum atomic E-state index is -4.48. The summed E-state index contributed by atoms with van der Waals surface area (Å²) in [5.74, 6) is 0.394. The van der Waals surface area contributed by atoms with Crippen molar-refractivity contribution in [2.45, 2.75) is 31.9 Å². The molecule has 0 aliphatic carbocycles. The van der Waals surface area contributed by atoms with Crippen LogP contribution in [0.15, 0.2) is 52.1 Å². The molecule has 6 nitrogen and oxygen atoms in total. The number of ether oxygens (including phenoxy) is 1. The number of carbonyl (C=O) groups excluding carboxylic acids is 1. The molecule has 0 unspecified atom stereocenters. The van der Waals surface area contributed by atoms with Gasteiger partial charge in [0.05, 0.1) is 11.3 Å². The molecule has 0 radical (unpaired) electrons. The Bertz CT molecular complexity index is 1020. The summed E-state index contributed by atoms with van der Waals surface area (Å²) in [4.78, 5) is 12.0. The second-order valence-electron chi connectivity index (χ2n) is 6.39. The topological polar surface area (TPSA) is 77.2 Å². The van der Waals surface area contributed by atoms with Crippen molar-refractivity contribution in [3.05, 3.63) is 65.0 Å². The second-order valence-corrected chi connectivity index (χ2v) is 7.31. The number of nitrogens with zero attached hydrogens (tertiary/aromatic N) is 2. The van der Waals surface area contributed by atoms with Crippen molar-refractivity contribution < 1.29 is 27.1 Å². The Morgan fingerprint density at radius 3 is 2.53 bits per heavy atom. The number of hydrogen-bond acceptors (Lipinski definition) is 6. The summed E-state index contributed by atoms with van der Waals surface area (Å²) < 4.78 is 49.4. The molecule has 1 heterocycles. The molecule has 0 aliphatic rings.